The number of nitrogens with one attached hydrogen (secondary N) is 1. The maximum atomic E-state index is 13.8. The van der Waals surface area contributed by atoms with Crippen LogP contribution in [0.5, 0.6) is 0 Å². The van der Waals surface area contributed by atoms with Gasteiger partial charge < -0.3 is 0 Å². The first kappa shape index (κ1) is 16.0. The van der Waals surface area contributed by atoms with Crippen molar-refractivity contribution in [3.05, 3.63) is 68.1 Å². The Kier molecular flexibility index (Phi) is 4.70. The van der Waals surface area contributed by atoms with Crippen LogP contribution in [-0.4, -0.2) is 21.1 Å². The minimum Gasteiger partial charge on any atom is -0.250 e. The highest BCUT2D eigenvalue weighted by Gasteiger charge is 2.11. The van der Waals surface area contributed by atoms with Crippen LogP contribution in [0.4, 0.5) is 4.39 Å². The van der Waals surface area contributed by atoms with E-state index in [4.69, 9.17) is 23.8 Å². The van der Waals surface area contributed by atoms with Gasteiger partial charge in [0.25, 0.3) is 0 Å². The lowest BCUT2D eigenvalue weighted by Gasteiger charge is -2.03. The number of benzene rings is 2. The molecule has 4 nitrogen and oxygen atoms in total. The van der Waals surface area contributed by atoms with Gasteiger partial charge in [0, 0.05) is 15.6 Å². The van der Waals surface area contributed by atoms with Gasteiger partial charge in [0.05, 0.1) is 11.2 Å². The number of halogens is 3. The van der Waals surface area contributed by atoms with Gasteiger partial charge in [0.1, 0.15) is 5.82 Å². The first-order valence-electron chi connectivity index (χ1n) is 6.48. The lowest BCUT2D eigenvalue weighted by Crippen LogP contribution is -1.97. The molecule has 0 aliphatic rings. The summed E-state index contributed by atoms with van der Waals surface area (Å²) in [4.78, 5) is 0. The minimum atomic E-state index is -0.383. The van der Waals surface area contributed by atoms with Gasteiger partial charge in [-0.15, -0.1) is 0 Å². The first-order valence-corrected chi connectivity index (χ1v) is 8.06. The third-order valence-corrected chi connectivity index (χ3v) is 4.12. The number of rotatable bonds is 3. The van der Waals surface area contributed by atoms with E-state index in [0.29, 0.717) is 22.0 Å². The molecule has 8 heteroatoms. The maximum absolute atomic E-state index is 13.8. The molecule has 3 rings (SSSR count). The molecule has 0 bridgehead atoms. The van der Waals surface area contributed by atoms with Gasteiger partial charge in [-0.05, 0) is 42.5 Å². The molecule has 0 fully saturated rings. The largest absolute Gasteiger partial charge is 0.250 e. The molecule has 0 spiro atoms. The Hall–Kier alpha value is -1.83. The highest BCUT2D eigenvalue weighted by molar-refractivity contribution is 9.10. The SMILES string of the molecule is Fc1ccc(Br)cc1/C=N\n1c(-c2ccccc2Cl)n[nH]c1=S. The average molecular weight is 412 g/mol. The number of aromatic amines is 1. The van der Waals surface area contributed by atoms with E-state index in [1.165, 1.54) is 17.0 Å². The van der Waals surface area contributed by atoms with Crippen LogP contribution < -0.4 is 0 Å². The third kappa shape index (κ3) is 3.41. The van der Waals surface area contributed by atoms with Crippen molar-refractivity contribution < 1.29 is 4.39 Å². The highest BCUT2D eigenvalue weighted by Crippen LogP contribution is 2.26. The van der Waals surface area contributed by atoms with Gasteiger partial charge in [-0.2, -0.15) is 14.9 Å². The Morgan fingerprint density at radius 3 is 2.87 bits per heavy atom. The maximum Gasteiger partial charge on any atom is 0.216 e. The fourth-order valence-corrected chi connectivity index (χ4v) is 2.73. The van der Waals surface area contributed by atoms with Crippen molar-refractivity contribution in [3.63, 3.8) is 0 Å². The van der Waals surface area contributed by atoms with Crippen molar-refractivity contribution in [1.29, 1.82) is 0 Å². The number of aromatic nitrogens is 3. The zero-order chi connectivity index (χ0) is 16.4. The number of hydrogen-bond donors (Lipinski definition) is 1. The van der Waals surface area contributed by atoms with E-state index < -0.39 is 0 Å². The van der Waals surface area contributed by atoms with Gasteiger partial charge in [-0.3, -0.25) is 0 Å². The van der Waals surface area contributed by atoms with E-state index in [1.807, 2.05) is 12.1 Å². The molecule has 0 saturated heterocycles. The van der Waals surface area contributed by atoms with Crippen LogP contribution in [0.3, 0.4) is 0 Å². The summed E-state index contributed by atoms with van der Waals surface area (Å²) in [5, 5.41) is 11.6. The topological polar surface area (TPSA) is 46.0 Å². The quantitative estimate of drug-likeness (QED) is 0.484. The van der Waals surface area contributed by atoms with Crippen molar-refractivity contribution in [1.82, 2.24) is 14.9 Å². The van der Waals surface area contributed by atoms with Gasteiger partial charge >= 0.3 is 0 Å². The number of nitrogens with zero attached hydrogens (tertiary/aromatic N) is 3. The van der Waals surface area contributed by atoms with E-state index >= 15 is 0 Å². The van der Waals surface area contributed by atoms with Gasteiger partial charge in [0.2, 0.25) is 4.77 Å². The van der Waals surface area contributed by atoms with Gasteiger partial charge in [0.15, 0.2) is 5.82 Å². The van der Waals surface area contributed by atoms with Crippen LogP contribution >= 0.6 is 39.7 Å². The molecule has 0 aliphatic carbocycles. The van der Waals surface area contributed by atoms with Crippen molar-refractivity contribution in [2.75, 3.05) is 0 Å². The van der Waals surface area contributed by atoms with Gasteiger partial charge in [-0.25, -0.2) is 9.49 Å². The standard InChI is InChI=1S/C15H9BrClFN4S/c16-10-5-6-13(18)9(7-10)8-19-22-14(20-21-15(22)23)11-3-1-2-4-12(11)17/h1-8H,(H,21,23)/b19-8-. The summed E-state index contributed by atoms with van der Waals surface area (Å²) in [6.45, 7) is 0. The van der Waals surface area contributed by atoms with Crippen LogP contribution in [-0.2, 0) is 0 Å². The summed E-state index contributed by atoms with van der Waals surface area (Å²) in [5.41, 5.74) is 1.00. The summed E-state index contributed by atoms with van der Waals surface area (Å²) in [6, 6.07) is 11.8. The van der Waals surface area contributed by atoms with E-state index in [2.05, 4.69) is 31.2 Å². The van der Waals surface area contributed by atoms with Crippen LogP contribution in [0, 0.1) is 10.6 Å². The molecule has 0 radical (unpaired) electrons. The second kappa shape index (κ2) is 6.74. The van der Waals surface area contributed by atoms with E-state index in [1.54, 1.807) is 24.3 Å². The molecule has 0 unspecified atom stereocenters. The molecule has 1 aromatic heterocycles. The summed E-state index contributed by atoms with van der Waals surface area (Å²) in [6.07, 6.45) is 1.38. The fraction of sp³-hybridized carbons (Fsp3) is 0. The average Bonchev–Trinajstić information content (AvgIpc) is 2.89. The molecule has 0 saturated carbocycles. The molecule has 0 aliphatic heterocycles. The lowest BCUT2D eigenvalue weighted by molar-refractivity contribution is 0.625. The molecule has 1 N–H and O–H groups in total. The third-order valence-electron chi connectivity index (χ3n) is 3.04. The Labute approximate surface area is 149 Å². The molecule has 23 heavy (non-hydrogen) atoms. The van der Waals surface area contributed by atoms with Crippen molar-refractivity contribution >= 4 is 46.0 Å². The Morgan fingerprint density at radius 1 is 1.30 bits per heavy atom. The molecular weight excluding hydrogens is 403 g/mol. The fourth-order valence-electron chi connectivity index (χ4n) is 1.95. The summed E-state index contributed by atoms with van der Waals surface area (Å²) in [7, 11) is 0. The Bertz CT molecular complexity index is 951. The van der Waals surface area contributed by atoms with Crippen LogP contribution in [0.15, 0.2) is 52.0 Å². The summed E-state index contributed by atoms with van der Waals surface area (Å²) in [5.74, 6) is 0.0681. The van der Waals surface area contributed by atoms with E-state index in [0.717, 1.165) is 4.47 Å². The normalized spacial score (nSPS) is 11.3. The number of H-pyrrole nitrogens is 1. The smallest absolute Gasteiger partial charge is 0.216 e. The van der Waals surface area contributed by atoms with E-state index in [9.17, 15) is 4.39 Å². The molecular formula is C15H9BrClFN4S. The van der Waals surface area contributed by atoms with E-state index in [-0.39, 0.29) is 10.6 Å². The molecule has 3 aromatic rings. The highest BCUT2D eigenvalue weighted by atomic mass is 79.9. The minimum absolute atomic E-state index is 0.284. The predicted molar refractivity (Wildman–Crippen MR) is 94.9 cm³/mol. The molecule has 2 aromatic carbocycles. The number of hydrogen-bond acceptors (Lipinski definition) is 3. The lowest BCUT2D eigenvalue weighted by atomic mass is 10.2. The molecule has 0 amide bonds. The second-order valence-corrected chi connectivity index (χ2v) is 6.26. The molecule has 0 atom stereocenters. The first-order chi connectivity index (χ1) is 11.1. The van der Waals surface area contributed by atoms with Gasteiger partial charge in [-0.1, -0.05) is 39.7 Å². The monoisotopic (exact) mass is 410 g/mol. The van der Waals surface area contributed by atoms with Crippen LogP contribution in [0.1, 0.15) is 5.56 Å². The Morgan fingerprint density at radius 2 is 2.09 bits per heavy atom. The summed E-state index contributed by atoms with van der Waals surface area (Å²) >= 11 is 14.7. The van der Waals surface area contributed by atoms with Crippen LogP contribution in [0.25, 0.3) is 11.4 Å². The van der Waals surface area contributed by atoms with Crippen molar-refractivity contribution in [3.8, 4) is 11.4 Å². The summed E-state index contributed by atoms with van der Waals surface area (Å²) < 4.78 is 16.2. The predicted octanol–water partition coefficient (Wildman–Crippen LogP) is 5.04. The second-order valence-electron chi connectivity index (χ2n) is 4.55. The zero-order valence-electron chi connectivity index (χ0n) is 11.5. The van der Waals surface area contributed by atoms with Crippen molar-refractivity contribution in [2.45, 2.75) is 0 Å². The Balaban J connectivity index is 2.06. The zero-order valence-corrected chi connectivity index (χ0v) is 14.7. The van der Waals surface area contributed by atoms with Crippen molar-refractivity contribution in [2.24, 2.45) is 5.10 Å². The molecule has 116 valence electrons. The molecule has 1 heterocycles. The van der Waals surface area contributed by atoms with Crippen LogP contribution in [0.2, 0.25) is 5.02 Å².